The van der Waals surface area contributed by atoms with Gasteiger partial charge in [0.2, 0.25) is 5.91 Å². The molecule has 108 valence electrons. The summed E-state index contributed by atoms with van der Waals surface area (Å²) in [5.74, 6) is -1.70. The van der Waals surface area contributed by atoms with E-state index in [1.165, 1.54) is 6.07 Å². The van der Waals surface area contributed by atoms with Crippen molar-refractivity contribution in [2.75, 3.05) is 25.5 Å². The molecule has 1 saturated heterocycles. The van der Waals surface area contributed by atoms with Crippen LogP contribution >= 0.6 is 15.9 Å². The SMILES string of the molecule is CN1CCC(C(=O)Nc2cc(Br)c(F)cc2C(N)=O)C1. The van der Waals surface area contributed by atoms with Crippen molar-refractivity contribution in [1.29, 1.82) is 0 Å². The van der Waals surface area contributed by atoms with Crippen molar-refractivity contribution < 1.29 is 14.0 Å². The quantitative estimate of drug-likeness (QED) is 0.874. The van der Waals surface area contributed by atoms with E-state index in [9.17, 15) is 14.0 Å². The summed E-state index contributed by atoms with van der Waals surface area (Å²) in [4.78, 5) is 25.5. The Morgan fingerprint density at radius 2 is 2.20 bits per heavy atom. The number of likely N-dealkylation sites (tertiary alicyclic amines) is 1. The second kappa shape index (κ2) is 5.88. The first-order valence-electron chi connectivity index (χ1n) is 6.16. The topological polar surface area (TPSA) is 75.4 Å². The minimum atomic E-state index is -0.782. The average molecular weight is 344 g/mol. The maximum absolute atomic E-state index is 13.4. The van der Waals surface area contributed by atoms with Gasteiger partial charge in [0.25, 0.3) is 5.91 Å². The van der Waals surface area contributed by atoms with Crippen LogP contribution in [-0.2, 0) is 4.79 Å². The molecule has 1 unspecified atom stereocenters. The van der Waals surface area contributed by atoms with Crippen molar-refractivity contribution in [3.63, 3.8) is 0 Å². The number of nitrogens with one attached hydrogen (secondary N) is 1. The van der Waals surface area contributed by atoms with Gasteiger partial charge < -0.3 is 16.0 Å². The number of primary amides is 1. The van der Waals surface area contributed by atoms with Crippen molar-refractivity contribution >= 4 is 33.4 Å². The van der Waals surface area contributed by atoms with Crippen molar-refractivity contribution in [3.8, 4) is 0 Å². The number of nitrogens with zero attached hydrogens (tertiary/aromatic N) is 1. The molecule has 2 amide bonds. The molecule has 1 aliphatic heterocycles. The summed E-state index contributed by atoms with van der Waals surface area (Å²) < 4.78 is 13.6. The Morgan fingerprint density at radius 3 is 2.75 bits per heavy atom. The minimum absolute atomic E-state index is 0.0367. The van der Waals surface area contributed by atoms with E-state index in [1.54, 1.807) is 0 Å². The number of carbonyl (C=O) groups excluding carboxylic acids is 2. The molecule has 1 heterocycles. The van der Waals surface area contributed by atoms with E-state index in [2.05, 4.69) is 26.1 Å². The lowest BCUT2D eigenvalue weighted by atomic mass is 10.1. The largest absolute Gasteiger partial charge is 0.366 e. The molecule has 0 saturated carbocycles. The van der Waals surface area contributed by atoms with E-state index in [1.807, 2.05) is 7.05 Å². The van der Waals surface area contributed by atoms with Gasteiger partial charge in [-0.05, 0) is 48.1 Å². The molecule has 0 bridgehead atoms. The molecular formula is C13H15BrFN3O2. The number of hydrogen-bond acceptors (Lipinski definition) is 3. The average Bonchev–Trinajstić information content (AvgIpc) is 2.80. The molecule has 0 aliphatic carbocycles. The smallest absolute Gasteiger partial charge is 0.250 e. The predicted molar refractivity (Wildman–Crippen MR) is 76.9 cm³/mol. The highest BCUT2D eigenvalue weighted by atomic mass is 79.9. The van der Waals surface area contributed by atoms with Crippen molar-refractivity contribution in [3.05, 3.63) is 28.0 Å². The highest BCUT2D eigenvalue weighted by Crippen LogP contribution is 2.26. The number of anilines is 1. The second-order valence-corrected chi connectivity index (χ2v) is 5.77. The van der Waals surface area contributed by atoms with Crippen LogP contribution in [0.15, 0.2) is 16.6 Å². The van der Waals surface area contributed by atoms with Crippen LogP contribution in [0.1, 0.15) is 16.8 Å². The second-order valence-electron chi connectivity index (χ2n) is 4.91. The van der Waals surface area contributed by atoms with E-state index < -0.39 is 11.7 Å². The highest BCUT2D eigenvalue weighted by molar-refractivity contribution is 9.10. The Morgan fingerprint density at radius 1 is 1.50 bits per heavy atom. The fraction of sp³-hybridized carbons (Fsp3) is 0.385. The molecule has 2 rings (SSSR count). The number of hydrogen-bond donors (Lipinski definition) is 2. The van der Waals surface area contributed by atoms with Crippen LogP contribution in [0.4, 0.5) is 10.1 Å². The lowest BCUT2D eigenvalue weighted by Gasteiger charge is -2.14. The molecule has 1 aliphatic rings. The van der Waals surface area contributed by atoms with Gasteiger partial charge in [0, 0.05) is 6.54 Å². The maximum Gasteiger partial charge on any atom is 0.250 e. The highest BCUT2D eigenvalue weighted by Gasteiger charge is 2.27. The summed E-state index contributed by atoms with van der Waals surface area (Å²) in [6, 6.07) is 2.37. The summed E-state index contributed by atoms with van der Waals surface area (Å²) in [5.41, 5.74) is 5.39. The van der Waals surface area contributed by atoms with Gasteiger partial charge in [-0.15, -0.1) is 0 Å². The zero-order valence-electron chi connectivity index (χ0n) is 11.0. The van der Waals surface area contributed by atoms with Gasteiger partial charge in [-0.25, -0.2) is 4.39 Å². The lowest BCUT2D eigenvalue weighted by Crippen LogP contribution is -2.27. The number of nitrogens with two attached hydrogens (primary N) is 1. The van der Waals surface area contributed by atoms with E-state index in [-0.39, 0.29) is 27.5 Å². The van der Waals surface area contributed by atoms with Crippen molar-refractivity contribution in [2.24, 2.45) is 11.7 Å². The van der Waals surface area contributed by atoms with Crippen LogP contribution < -0.4 is 11.1 Å². The fourth-order valence-corrected chi connectivity index (χ4v) is 2.58. The molecule has 0 spiro atoms. The van der Waals surface area contributed by atoms with E-state index >= 15 is 0 Å². The normalized spacial score (nSPS) is 19.1. The minimum Gasteiger partial charge on any atom is -0.366 e. The molecule has 1 fully saturated rings. The van der Waals surface area contributed by atoms with Crippen LogP contribution in [0.25, 0.3) is 0 Å². The van der Waals surface area contributed by atoms with Gasteiger partial charge >= 0.3 is 0 Å². The number of amides is 2. The van der Waals surface area contributed by atoms with Gasteiger partial charge in [0.1, 0.15) is 5.82 Å². The zero-order valence-corrected chi connectivity index (χ0v) is 12.5. The maximum atomic E-state index is 13.4. The summed E-state index contributed by atoms with van der Waals surface area (Å²) in [6.45, 7) is 1.52. The van der Waals surface area contributed by atoms with Gasteiger partial charge in [0.15, 0.2) is 0 Å². The number of halogens is 2. The third-order valence-corrected chi connectivity index (χ3v) is 3.95. The standard InChI is InChI=1S/C13H15BrFN3O2/c1-18-3-2-7(6-18)13(20)17-11-5-9(14)10(15)4-8(11)12(16)19/h4-5,7H,2-3,6H2,1H3,(H2,16,19)(H,17,20). The monoisotopic (exact) mass is 343 g/mol. The van der Waals surface area contributed by atoms with Gasteiger partial charge in [-0.2, -0.15) is 0 Å². The predicted octanol–water partition coefficient (Wildman–Crippen LogP) is 1.58. The number of carbonyl (C=O) groups is 2. The van der Waals surface area contributed by atoms with Crippen LogP contribution in [0.2, 0.25) is 0 Å². The first kappa shape index (κ1) is 14.9. The Hall–Kier alpha value is -1.47. The third-order valence-electron chi connectivity index (χ3n) is 3.35. The van der Waals surface area contributed by atoms with Crippen molar-refractivity contribution in [2.45, 2.75) is 6.42 Å². The molecule has 3 N–H and O–H groups in total. The Labute approximate surface area is 124 Å². The van der Waals surface area contributed by atoms with Crippen LogP contribution in [-0.4, -0.2) is 36.9 Å². The molecule has 7 heteroatoms. The summed E-state index contributed by atoms with van der Waals surface area (Å²) in [6.07, 6.45) is 0.761. The van der Waals surface area contributed by atoms with E-state index in [0.29, 0.717) is 6.54 Å². The van der Waals surface area contributed by atoms with Gasteiger partial charge in [-0.3, -0.25) is 9.59 Å². The molecule has 20 heavy (non-hydrogen) atoms. The fourth-order valence-electron chi connectivity index (χ4n) is 2.24. The van der Waals surface area contributed by atoms with Gasteiger partial charge in [-0.1, -0.05) is 0 Å². The Balaban J connectivity index is 2.22. The van der Waals surface area contributed by atoms with Crippen LogP contribution in [0, 0.1) is 11.7 Å². The van der Waals surface area contributed by atoms with Crippen molar-refractivity contribution in [1.82, 2.24) is 4.90 Å². The third kappa shape index (κ3) is 3.16. The number of benzene rings is 1. The summed E-state index contributed by atoms with van der Waals surface area (Å²) in [7, 11) is 1.94. The molecule has 1 aromatic rings. The molecule has 0 aromatic heterocycles. The zero-order chi connectivity index (χ0) is 14.9. The van der Waals surface area contributed by atoms with Crippen LogP contribution in [0.5, 0.6) is 0 Å². The molecule has 1 aromatic carbocycles. The molecule has 5 nitrogen and oxygen atoms in total. The molecule has 1 atom stereocenters. The van der Waals surface area contributed by atoms with E-state index in [0.717, 1.165) is 19.0 Å². The van der Waals surface area contributed by atoms with Crippen LogP contribution in [0.3, 0.4) is 0 Å². The lowest BCUT2D eigenvalue weighted by molar-refractivity contribution is -0.119. The Kier molecular flexibility index (Phi) is 4.39. The first-order chi connectivity index (χ1) is 9.38. The number of rotatable bonds is 3. The molecule has 0 radical (unpaired) electrons. The first-order valence-corrected chi connectivity index (χ1v) is 6.96. The summed E-state index contributed by atoms with van der Waals surface area (Å²) >= 11 is 3.03. The van der Waals surface area contributed by atoms with E-state index in [4.69, 9.17) is 5.73 Å². The summed E-state index contributed by atoms with van der Waals surface area (Å²) in [5, 5.41) is 2.66. The Bertz CT molecular complexity index is 565. The molecular weight excluding hydrogens is 329 g/mol. The van der Waals surface area contributed by atoms with Gasteiger partial charge in [0.05, 0.1) is 21.6 Å².